The highest BCUT2D eigenvalue weighted by molar-refractivity contribution is 5.61. The topological polar surface area (TPSA) is 69.5 Å². The van der Waals surface area contributed by atoms with Crippen LogP contribution in [0.15, 0.2) is 24.3 Å². The van der Waals surface area contributed by atoms with E-state index < -0.39 is 0 Å². The predicted molar refractivity (Wildman–Crippen MR) is 55.6 cm³/mol. The van der Waals surface area contributed by atoms with Gasteiger partial charge in [0.2, 0.25) is 0 Å². The number of aromatic hydroxyl groups is 1. The molecule has 5 nitrogen and oxygen atoms in total. The number of rotatable bonds is 1. The van der Waals surface area contributed by atoms with Gasteiger partial charge in [0.05, 0.1) is 0 Å². The number of hydrogen-bond donors (Lipinski definition) is 3. The van der Waals surface area contributed by atoms with Gasteiger partial charge in [-0.2, -0.15) is 0 Å². The summed E-state index contributed by atoms with van der Waals surface area (Å²) in [6.07, 6.45) is 0. The number of phenolic OH excluding ortho intramolecular Hbond substituents is 1. The SMILES string of the molecule is Cc1c(C)[n+](O)c(-c2ccccc2O)n1O. The molecular formula is C11H13N2O3+. The third-order valence-corrected chi connectivity index (χ3v) is 2.71. The summed E-state index contributed by atoms with van der Waals surface area (Å²) in [5, 5.41) is 29.3. The van der Waals surface area contributed by atoms with Crippen molar-refractivity contribution in [3.63, 3.8) is 0 Å². The van der Waals surface area contributed by atoms with Crippen LogP contribution in [-0.2, 0) is 0 Å². The first-order chi connectivity index (χ1) is 7.54. The molecule has 0 saturated carbocycles. The van der Waals surface area contributed by atoms with Gasteiger partial charge in [0.1, 0.15) is 11.3 Å². The number of imidazole rings is 1. The predicted octanol–water partition coefficient (Wildman–Crippen LogP) is 1.24. The molecule has 0 saturated heterocycles. The fourth-order valence-corrected chi connectivity index (χ4v) is 1.60. The maximum atomic E-state index is 9.80. The van der Waals surface area contributed by atoms with Gasteiger partial charge >= 0.3 is 5.82 Å². The minimum atomic E-state index is -0.00176. The number of nitrogens with zero attached hydrogens (tertiary/aromatic N) is 2. The van der Waals surface area contributed by atoms with Crippen molar-refractivity contribution in [3.05, 3.63) is 35.7 Å². The molecule has 16 heavy (non-hydrogen) atoms. The highest BCUT2D eigenvalue weighted by Crippen LogP contribution is 2.27. The zero-order valence-electron chi connectivity index (χ0n) is 9.05. The molecule has 1 heterocycles. The maximum Gasteiger partial charge on any atom is 0.370 e. The lowest BCUT2D eigenvalue weighted by Crippen LogP contribution is -2.34. The Morgan fingerprint density at radius 2 is 1.81 bits per heavy atom. The van der Waals surface area contributed by atoms with Gasteiger partial charge in [0.15, 0.2) is 11.4 Å². The fourth-order valence-electron chi connectivity index (χ4n) is 1.60. The van der Waals surface area contributed by atoms with Gasteiger partial charge in [-0.25, -0.2) is 0 Å². The van der Waals surface area contributed by atoms with Crippen LogP contribution in [0.25, 0.3) is 11.4 Å². The minimum absolute atomic E-state index is 0.00176. The molecule has 0 aliphatic heterocycles. The molecule has 0 spiro atoms. The Balaban J connectivity index is 2.75. The lowest BCUT2D eigenvalue weighted by Gasteiger charge is -1.98. The van der Waals surface area contributed by atoms with E-state index in [0.717, 1.165) is 9.46 Å². The van der Waals surface area contributed by atoms with E-state index in [1.807, 2.05) is 0 Å². The van der Waals surface area contributed by atoms with Crippen molar-refractivity contribution in [3.8, 4) is 17.1 Å². The number of aromatic nitrogens is 2. The van der Waals surface area contributed by atoms with E-state index in [0.29, 0.717) is 17.0 Å². The van der Waals surface area contributed by atoms with Gasteiger partial charge in [-0.3, -0.25) is 0 Å². The summed E-state index contributed by atoms with van der Waals surface area (Å²) < 4.78 is 1.70. The summed E-state index contributed by atoms with van der Waals surface area (Å²) in [6.45, 7) is 3.34. The summed E-state index contributed by atoms with van der Waals surface area (Å²) in [4.78, 5) is 0. The Kier molecular flexibility index (Phi) is 2.23. The summed E-state index contributed by atoms with van der Waals surface area (Å²) in [6, 6.07) is 6.49. The van der Waals surface area contributed by atoms with Gasteiger partial charge < -0.3 is 15.5 Å². The van der Waals surface area contributed by atoms with E-state index in [9.17, 15) is 15.5 Å². The largest absolute Gasteiger partial charge is 0.507 e. The van der Waals surface area contributed by atoms with Crippen LogP contribution in [-0.4, -0.2) is 20.3 Å². The van der Waals surface area contributed by atoms with E-state index in [4.69, 9.17) is 0 Å². The number of para-hydroxylation sites is 1. The van der Waals surface area contributed by atoms with Crippen LogP contribution >= 0.6 is 0 Å². The normalized spacial score (nSPS) is 10.6. The van der Waals surface area contributed by atoms with Crippen LogP contribution in [0.2, 0.25) is 0 Å². The van der Waals surface area contributed by atoms with Crippen molar-refractivity contribution in [2.75, 3.05) is 0 Å². The third-order valence-electron chi connectivity index (χ3n) is 2.71. The van der Waals surface area contributed by atoms with Crippen molar-refractivity contribution < 1.29 is 20.3 Å². The molecule has 1 aromatic carbocycles. The summed E-state index contributed by atoms with van der Waals surface area (Å²) in [7, 11) is 0. The number of benzene rings is 1. The van der Waals surface area contributed by atoms with Crippen molar-refractivity contribution in [2.45, 2.75) is 13.8 Å². The van der Waals surface area contributed by atoms with Crippen molar-refractivity contribution in [1.29, 1.82) is 0 Å². The molecule has 0 aliphatic rings. The lowest BCUT2D eigenvalue weighted by molar-refractivity contribution is -0.900. The van der Waals surface area contributed by atoms with Crippen LogP contribution < -0.4 is 4.73 Å². The average Bonchev–Trinajstić information content (AvgIpc) is 2.45. The number of phenols is 1. The first kappa shape index (κ1) is 10.4. The molecule has 0 aliphatic carbocycles. The fraction of sp³-hybridized carbons (Fsp3) is 0.182. The van der Waals surface area contributed by atoms with Crippen LogP contribution in [0.5, 0.6) is 5.75 Å². The Morgan fingerprint density at radius 3 is 2.31 bits per heavy atom. The molecule has 0 amide bonds. The number of hydrogen-bond acceptors (Lipinski definition) is 3. The van der Waals surface area contributed by atoms with Gasteiger partial charge in [0, 0.05) is 13.8 Å². The molecule has 0 bridgehead atoms. The Morgan fingerprint density at radius 1 is 1.19 bits per heavy atom. The molecule has 0 unspecified atom stereocenters. The molecule has 0 atom stereocenters. The first-order valence-corrected chi connectivity index (χ1v) is 4.85. The van der Waals surface area contributed by atoms with E-state index in [1.165, 1.54) is 6.07 Å². The average molecular weight is 221 g/mol. The van der Waals surface area contributed by atoms with Crippen LogP contribution in [0, 0.1) is 13.8 Å². The second kappa shape index (κ2) is 3.44. The second-order valence-electron chi connectivity index (χ2n) is 3.64. The zero-order valence-corrected chi connectivity index (χ0v) is 9.05. The first-order valence-electron chi connectivity index (χ1n) is 4.85. The summed E-state index contributed by atoms with van der Waals surface area (Å²) in [5.74, 6) is 0.131. The molecule has 2 rings (SSSR count). The standard InChI is InChI=1S/C11H12N2O3/c1-7-8(2)13(16)11(12(7)15)9-5-3-4-6-10(9)14/h3-6,15-16H,1-2H3/p+1. The van der Waals surface area contributed by atoms with Gasteiger partial charge in [0.25, 0.3) is 0 Å². The molecule has 3 N–H and O–H groups in total. The summed E-state index contributed by atoms with van der Waals surface area (Å²) >= 11 is 0. The zero-order chi connectivity index (χ0) is 11.9. The molecule has 2 aromatic rings. The molecule has 0 radical (unpaired) electrons. The Bertz CT molecular complexity index is 521. The Hall–Kier alpha value is -2.17. The third kappa shape index (κ3) is 1.29. The summed E-state index contributed by atoms with van der Waals surface area (Å²) in [5.41, 5.74) is 1.39. The highest BCUT2D eigenvalue weighted by atomic mass is 16.5. The molecule has 0 fully saturated rings. The van der Waals surface area contributed by atoms with Crippen LogP contribution in [0.3, 0.4) is 0 Å². The van der Waals surface area contributed by atoms with Gasteiger partial charge in [-0.05, 0) is 21.6 Å². The van der Waals surface area contributed by atoms with E-state index in [1.54, 1.807) is 32.0 Å². The minimum Gasteiger partial charge on any atom is -0.507 e. The molecular weight excluding hydrogens is 208 g/mol. The lowest BCUT2D eigenvalue weighted by atomic mass is 10.2. The van der Waals surface area contributed by atoms with Crippen molar-refractivity contribution in [1.82, 2.24) is 4.73 Å². The van der Waals surface area contributed by atoms with E-state index in [2.05, 4.69) is 0 Å². The monoisotopic (exact) mass is 221 g/mol. The van der Waals surface area contributed by atoms with Gasteiger partial charge in [-0.15, -0.1) is 0 Å². The van der Waals surface area contributed by atoms with Crippen molar-refractivity contribution in [2.24, 2.45) is 0 Å². The smallest absolute Gasteiger partial charge is 0.370 e. The molecule has 84 valence electrons. The second-order valence-corrected chi connectivity index (χ2v) is 3.64. The van der Waals surface area contributed by atoms with Gasteiger partial charge in [-0.1, -0.05) is 12.1 Å². The van der Waals surface area contributed by atoms with Crippen molar-refractivity contribution >= 4 is 0 Å². The Labute approximate surface area is 92.4 Å². The van der Waals surface area contributed by atoms with Crippen LogP contribution in [0.4, 0.5) is 0 Å². The van der Waals surface area contributed by atoms with Crippen LogP contribution in [0.1, 0.15) is 11.4 Å². The highest BCUT2D eigenvalue weighted by Gasteiger charge is 2.29. The van der Waals surface area contributed by atoms with E-state index in [-0.39, 0.29) is 11.6 Å². The molecule has 5 heteroatoms. The molecule has 1 aromatic heterocycles. The van der Waals surface area contributed by atoms with E-state index >= 15 is 0 Å². The maximum absolute atomic E-state index is 9.80. The quantitative estimate of drug-likeness (QED) is 0.501.